The molecule has 0 bridgehead atoms. The number of hydrogen-bond donors (Lipinski definition) is 0. The lowest BCUT2D eigenvalue weighted by Gasteiger charge is -2.23. The minimum atomic E-state index is -3.93. The fourth-order valence-corrected chi connectivity index (χ4v) is 4.11. The second kappa shape index (κ2) is 7.17. The molecular weight excluding hydrogens is 350 g/mol. The standard InChI is InChI=1S/C20H19NO4S/c1-15-7-10-18(11-8-15)21(14-20(22)25-2)26(23,24)19-12-9-16-5-3-4-6-17(16)13-19/h3-13H,14H2,1-2H3. The van der Waals surface area contributed by atoms with Crippen molar-refractivity contribution >= 4 is 32.5 Å². The summed E-state index contributed by atoms with van der Waals surface area (Å²) in [5.74, 6) is -0.630. The number of anilines is 1. The van der Waals surface area contributed by atoms with Crippen LogP contribution in [0.25, 0.3) is 10.8 Å². The number of esters is 1. The van der Waals surface area contributed by atoms with Crippen LogP contribution in [-0.4, -0.2) is 28.0 Å². The van der Waals surface area contributed by atoms with Crippen molar-refractivity contribution in [3.8, 4) is 0 Å². The monoisotopic (exact) mass is 369 g/mol. The third-order valence-corrected chi connectivity index (χ3v) is 5.90. The lowest BCUT2D eigenvalue weighted by molar-refractivity contribution is -0.138. The average Bonchev–Trinajstić information content (AvgIpc) is 2.66. The summed E-state index contributed by atoms with van der Waals surface area (Å²) in [6, 6.07) is 19.4. The molecule has 0 amide bonds. The Morgan fingerprint density at radius 1 is 0.962 bits per heavy atom. The van der Waals surface area contributed by atoms with Gasteiger partial charge in [-0.05, 0) is 42.0 Å². The molecule has 0 aliphatic rings. The number of fused-ring (bicyclic) bond motifs is 1. The second-order valence-electron chi connectivity index (χ2n) is 5.93. The van der Waals surface area contributed by atoms with Gasteiger partial charge in [0.1, 0.15) is 6.54 Å². The van der Waals surface area contributed by atoms with E-state index in [4.69, 9.17) is 0 Å². The Labute approximate surface area is 152 Å². The van der Waals surface area contributed by atoms with Crippen molar-refractivity contribution in [2.45, 2.75) is 11.8 Å². The van der Waals surface area contributed by atoms with Gasteiger partial charge in [-0.3, -0.25) is 9.10 Å². The van der Waals surface area contributed by atoms with Crippen molar-refractivity contribution in [1.29, 1.82) is 0 Å². The first kappa shape index (κ1) is 17.9. The quantitative estimate of drug-likeness (QED) is 0.646. The van der Waals surface area contributed by atoms with E-state index in [-0.39, 0.29) is 4.90 Å². The summed E-state index contributed by atoms with van der Waals surface area (Å²) in [7, 11) is -2.70. The number of benzene rings is 3. The highest BCUT2D eigenvalue weighted by Crippen LogP contribution is 2.26. The van der Waals surface area contributed by atoms with Crippen molar-refractivity contribution in [2.75, 3.05) is 18.0 Å². The topological polar surface area (TPSA) is 63.7 Å². The van der Waals surface area contributed by atoms with Crippen molar-refractivity contribution in [3.63, 3.8) is 0 Å². The third-order valence-electron chi connectivity index (χ3n) is 4.13. The predicted octanol–water partition coefficient (Wildman–Crippen LogP) is 3.52. The van der Waals surface area contributed by atoms with Crippen molar-refractivity contribution in [1.82, 2.24) is 0 Å². The van der Waals surface area contributed by atoms with E-state index >= 15 is 0 Å². The van der Waals surface area contributed by atoms with Crippen LogP contribution in [0.2, 0.25) is 0 Å². The highest BCUT2D eigenvalue weighted by Gasteiger charge is 2.27. The van der Waals surface area contributed by atoms with Crippen molar-refractivity contribution < 1.29 is 17.9 Å². The maximum atomic E-state index is 13.2. The van der Waals surface area contributed by atoms with Gasteiger partial charge in [0.15, 0.2) is 0 Å². The number of carbonyl (C=O) groups is 1. The highest BCUT2D eigenvalue weighted by molar-refractivity contribution is 7.92. The van der Waals surface area contributed by atoms with E-state index in [1.807, 2.05) is 31.2 Å². The van der Waals surface area contributed by atoms with Crippen LogP contribution >= 0.6 is 0 Å². The summed E-state index contributed by atoms with van der Waals surface area (Å²) in [5, 5.41) is 1.76. The number of nitrogens with zero attached hydrogens (tertiary/aromatic N) is 1. The Morgan fingerprint density at radius 3 is 2.27 bits per heavy atom. The van der Waals surface area contributed by atoms with E-state index in [0.29, 0.717) is 5.69 Å². The number of hydrogen-bond acceptors (Lipinski definition) is 4. The third kappa shape index (κ3) is 3.55. The number of rotatable bonds is 5. The van der Waals surface area contributed by atoms with Gasteiger partial charge in [-0.25, -0.2) is 8.42 Å². The van der Waals surface area contributed by atoms with E-state index in [9.17, 15) is 13.2 Å². The highest BCUT2D eigenvalue weighted by atomic mass is 32.2. The summed E-state index contributed by atoms with van der Waals surface area (Å²) in [4.78, 5) is 12.0. The van der Waals surface area contributed by atoms with Crippen molar-refractivity contribution in [2.24, 2.45) is 0 Å². The Hall–Kier alpha value is -2.86. The van der Waals surface area contributed by atoms with E-state index < -0.39 is 22.5 Å². The van der Waals surface area contributed by atoms with Crippen LogP contribution in [0.15, 0.2) is 71.6 Å². The fourth-order valence-electron chi connectivity index (χ4n) is 2.66. The first-order valence-electron chi connectivity index (χ1n) is 8.07. The van der Waals surface area contributed by atoms with Gasteiger partial charge < -0.3 is 4.74 Å². The Kier molecular flexibility index (Phi) is 4.95. The van der Waals surface area contributed by atoms with Gasteiger partial charge in [0.05, 0.1) is 17.7 Å². The Bertz CT molecular complexity index is 1040. The zero-order chi connectivity index (χ0) is 18.7. The zero-order valence-corrected chi connectivity index (χ0v) is 15.4. The van der Waals surface area contributed by atoms with Crippen LogP contribution in [0.5, 0.6) is 0 Å². The van der Waals surface area contributed by atoms with E-state index in [0.717, 1.165) is 20.6 Å². The van der Waals surface area contributed by atoms with Crippen LogP contribution in [0.4, 0.5) is 5.69 Å². The molecule has 134 valence electrons. The molecule has 3 aromatic rings. The van der Waals surface area contributed by atoms with Gasteiger partial charge in [0.25, 0.3) is 10.0 Å². The molecule has 0 aromatic heterocycles. The molecule has 0 fully saturated rings. The van der Waals surface area contributed by atoms with E-state index in [2.05, 4.69) is 4.74 Å². The zero-order valence-electron chi connectivity index (χ0n) is 14.5. The maximum Gasteiger partial charge on any atom is 0.326 e. The molecule has 5 nitrogen and oxygen atoms in total. The van der Waals surface area contributed by atoms with Gasteiger partial charge in [-0.15, -0.1) is 0 Å². The summed E-state index contributed by atoms with van der Waals surface area (Å²) in [6.45, 7) is 1.51. The molecule has 0 radical (unpaired) electrons. The molecule has 0 saturated heterocycles. The molecule has 3 rings (SSSR count). The van der Waals surface area contributed by atoms with Gasteiger partial charge >= 0.3 is 5.97 Å². The molecule has 0 aliphatic heterocycles. The summed E-state index contributed by atoms with van der Waals surface area (Å²) in [6.07, 6.45) is 0. The molecule has 0 spiro atoms. The van der Waals surface area contributed by atoms with E-state index in [1.165, 1.54) is 7.11 Å². The fraction of sp³-hybridized carbons (Fsp3) is 0.150. The smallest absolute Gasteiger partial charge is 0.326 e. The number of aryl methyl sites for hydroxylation is 1. The first-order chi connectivity index (χ1) is 12.4. The Morgan fingerprint density at radius 2 is 1.62 bits per heavy atom. The molecule has 3 aromatic carbocycles. The molecule has 26 heavy (non-hydrogen) atoms. The molecule has 0 unspecified atom stereocenters. The van der Waals surface area contributed by atoms with E-state index in [1.54, 1.807) is 42.5 Å². The van der Waals surface area contributed by atoms with Crippen LogP contribution in [0.3, 0.4) is 0 Å². The van der Waals surface area contributed by atoms with Gasteiger partial charge in [-0.2, -0.15) is 0 Å². The summed E-state index contributed by atoms with van der Waals surface area (Å²) >= 11 is 0. The number of methoxy groups -OCH3 is 1. The second-order valence-corrected chi connectivity index (χ2v) is 7.79. The average molecular weight is 369 g/mol. The maximum absolute atomic E-state index is 13.2. The lowest BCUT2D eigenvalue weighted by atomic mass is 10.1. The number of sulfonamides is 1. The van der Waals surface area contributed by atoms with Crippen molar-refractivity contribution in [3.05, 3.63) is 72.3 Å². The predicted molar refractivity (Wildman–Crippen MR) is 102 cm³/mol. The van der Waals surface area contributed by atoms with Crippen LogP contribution in [-0.2, 0) is 19.6 Å². The molecule has 0 N–H and O–H groups in total. The molecule has 0 saturated carbocycles. The number of carbonyl (C=O) groups excluding carboxylic acids is 1. The minimum Gasteiger partial charge on any atom is -0.468 e. The number of ether oxygens (including phenoxy) is 1. The SMILES string of the molecule is COC(=O)CN(c1ccc(C)cc1)S(=O)(=O)c1ccc2ccccc2c1. The summed E-state index contributed by atoms with van der Waals surface area (Å²) < 4.78 is 32.2. The minimum absolute atomic E-state index is 0.126. The largest absolute Gasteiger partial charge is 0.468 e. The molecule has 0 heterocycles. The molecule has 0 aliphatic carbocycles. The van der Waals surface area contributed by atoms with Crippen LogP contribution in [0, 0.1) is 6.92 Å². The first-order valence-corrected chi connectivity index (χ1v) is 9.51. The summed E-state index contributed by atoms with van der Waals surface area (Å²) in [5.41, 5.74) is 1.41. The van der Waals surface area contributed by atoms with Crippen LogP contribution in [0.1, 0.15) is 5.56 Å². The van der Waals surface area contributed by atoms with Crippen LogP contribution < -0.4 is 4.31 Å². The normalized spacial score (nSPS) is 11.3. The lowest BCUT2D eigenvalue weighted by Crippen LogP contribution is -2.36. The van der Waals surface area contributed by atoms with Gasteiger partial charge in [0, 0.05) is 0 Å². The molecule has 6 heteroatoms. The molecular formula is C20H19NO4S. The van der Waals surface area contributed by atoms with Gasteiger partial charge in [-0.1, -0.05) is 48.0 Å². The Balaban J connectivity index is 2.10. The molecule has 0 atom stereocenters. The van der Waals surface area contributed by atoms with Gasteiger partial charge in [0.2, 0.25) is 0 Å².